The number of hydrogen-bond donors (Lipinski definition) is 0. The van der Waals surface area contributed by atoms with Crippen LogP contribution in [0.4, 0.5) is 0 Å². The zero-order valence-corrected chi connectivity index (χ0v) is 11.4. The lowest BCUT2D eigenvalue weighted by Gasteiger charge is -1.99. The molecule has 0 saturated carbocycles. The Balaban J connectivity index is 1.97. The molecule has 0 atom stereocenters. The number of carbonyl (C=O) groups excluding carboxylic acids is 1. The molecule has 88 valence electrons. The molecule has 0 amide bonds. The number of carbonyl (C=O) groups is 1. The molecule has 1 heterocycles. The van der Waals surface area contributed by atoms with Crippen LogP contribution in [0, 0.1) is 6.92 Å². The lowest BCUT2D eigenvalue weighted by atomic mass is 10.2. The van der Waals surface area contributed by atoms with Crippen molar-refractivity contribution in [3.05, 3.63) is 45.9 Å². The highest BCUT2D eigenvalue weighted by Crippen LogP contribution is 2.24. The first-order chi connectivity index (χ1) is 8.15. The summed E-state index contributed by atoms with van der Waals surface area (Å²) < 4.78 is 0. The molecule has 2 nitrogen and oxygen atoms in total. The molecule has 2 aromatic rings. The number of hydrogen-bond acceptors (Lipinski definition) is 4. The number of thioether (sulfide) groups is 1. The first-order valence-electron chi connectivity index (χ1n) is 5.30. The van der Waals surface area contributed by atoms with E-state index in [1.807, 2.05) is 5.38 Å². The summed E-state index contributed by atoms with van der Waals surface area (Å²) in [6.45, 7) is 3.63. The zero-order valence-electron chi connectivity index (χ0n) is 9.77. The molecule has 1 aromatic heterocycles. The van der Waals surface area contributed by atoms with Crippen LogP contribution < -0.4 is 0 Å². The van der Waals surface area contributed by atoms with Crippen molar-refractivity contribution in [3.8, 4) is 0 Å². The Labute approximate surface area is 109 Å². The molecule has 0 fully saturated rings. The van der Waals surface area contributed by atoms with Gasteiger partial charge in [0.1, 0.15) is 10.7 Å². The lowest BCUT2D eigenvalue weighted by Crippen LogP contribution is -1.91. The van der Waals surface area contributed by atoms with E-state index >= 15 is 0 Å². The molecular formula is C13H13NOS2. The van der Waals surface area contributed by atoms with Gasteiger partial charge in [0.2, 0.25) is 0 Å². The van der Waals surface area contributed by atoms with E-state index in [9.17, 15) is 4.79 Å². The van der Waals surface area contributed by atoms with E-state index in [4.69, 9.17) is 0 Å². The number of thiazole rings is 1. The van der Waals surface area contributed by atoms with Gasteiger partial charge < -0.3 is 0 Å². The van der Waals surface area contributed by atoms with Gasteiger partial charge in [-0.25, -0.2) is 4.98 Å². The van der Waals surface area contributed by atoms with Gasteiger partial charge in [0.05, 0.1) is 5.75 Å². The van der Waals surface area contributed by atoms with E-state index in [0.717, 1.165) is 10.8 Å². The third-order valence-corrected chi connectivity index (χ3v) is 4.35. The van der Waals surface area contributed by atoms with Crippen LogP contribution >= 0.6 is 23.1 Å². The van der Waals surface area contributed by atoms with Crippen molar-refractivity contribution >= 4 is 28.9 Å². The number of benzene rings is 1. The first-order valence-corrected chi connectivity index (χ1v) is 7.16. The van der Waals surface area contributed by atoms with Gasteiger partial charge in [-0.15, -0.1) is 23.1 Å². The van der Waals surface area contributed by atoms with Crippen molar-refractivity contribution in [3.63, 3.8) is 0 Å². The summed E-state index contributed by atoms with van der Waals surface area (Å²) in [6.07, 6.45) is 0. The van der Waals surface area contributed by atoms with Crippen molar-refractivity contribution in [1.82, 2.24) is 4.98 Å². The normalized spacial score (nSPS) is 10.5. The van der Waals surface area contributed by atoms with Crippen LogP contribution in [0.25, 0.3) is 0 Å². The monoisotopic (exact) mass is 263 g/mol. The van der Waals surface area contributed by atoms with Gasteiger partial charge >= 0.3 is 0 Å². The summed E-state index contributed by atoms with van der Waals surface area (Å²) in [7, 11) is 0. The van der Waals surface area contributed by atoms with Crippen LogP contribution in [0.5, 0.6) is 0 Å². The van der Waals surface area contributed by atoms with Crippen LogP contribution in [0.3, 0.4) is 0 Å². The number of aryl methyl sites for hydroxylation is 1. The summed E-state index contributed by atoms with van der Waals surface area (Å²) in [6, 6.07) is 8.43. The molecule has 0 radical (unpaired) electrons. The summed E-state index contributed by atoms with van der Waals surface area (Å²) in [5, 5.41) is 2.83. The van der Waals surface area contributed by atoms with Gasteiger partial charge in [0.15, 0.2) is 5.78 Å². The van der Waals surface area contributed by atoms with Gasteiger partial charge in [-0.3, -0.25) is 4.79 Å². The maximum atomic E-state index is 11.1. The summed E-state index contributed by atoms with van der Waals surface area (Å²) in [4.78, 5) is 16.6. The Kier molecular flexibility index (Phi) is 3.97. The maximum absolute atomic E-state index is 11.1. The molecule has 0 unspecified atom stereocenters. The highest BCUT2D eigenvalue weighted by Gasteiger charge is 2.06. The standard InChI is InChI=1S/C13H13NOS2/c1-9-3-5-11(6-4-9)16-8-13-14-12(7-17-13)10(2)15/h3-7H,8H2,1-2H3. The van der Waals surface area contributed by atoms with E-state index in [1.165, 1.54) is 10.5 Å². The van der Waals surface area contributed by atoms with E-state index in [2.05, 4.69) is 36.2 Å². The Bertz CT molecular complexity index is 516. The molecule has 0 spiro atoms. The van der Waals surface area contributed by atoms with Crippen molar-refractivity contribution in [2.45, 2.75) is 24.5 Å². The third kappa shape index (κ3) is 3.41. The second kappa shape index (κ2) is 5.47. The molecule has 0 bridgehead atoms. The van der Waals surface area contributed by atoms with Crippen LogP contribution in [0.2, 0.25) is 0 Å². The Hall–Kier alpha value is -1.13. The molecule has 17 heavy (non-hydrogen) atoms. The second-order valence-corrected chi connectivity index (χ2v) is 5.78. The summed E-state index contributed by atoms with van der Waals surface area (Å²) in [5.41, 5.74) is 1.84. The minimum absolute atomic E-state index is 0.0350. The molecule has 0 aliphatic rings. The van der Waals surface area contributed by atoms with Gasteiger partial charge in [-0.05, 0) is 19.1 Å². The number of aromatic nitrogens is 1. The summed E-state index contributed by atoms with van der Waals surface area (Å²) in [5.74, 6) is 0.855. The predicted octanol–water partition coefficient (Wildman–Crippen LogP) is 3.95. The molecule has 0 aliphatic carbocycles. The van der Waals surface area contributed by atoms with Crippen LogP contribution in [-0.4, -0.2) is 10.8 Å². The van der Waals surface area contributed by atoms with E-state index < -0.39 is 0 Å². The molecule has 0 saturated heterocycles. The number of ketones is 1. The van der Waals surface area contributed by atoms with Crippen molar-refractivity contribution in [2.24, 2.45) is 0 Å². The van der Waals surface area contributed by atoms with Gasteiger partial charge in [0.25, 0.3) is 0 Å². The quantitative estimate of drug-likeness (QED) is 0.618. The zero-order chi connectivity index (χ0) is 12.3. The second-order valence-electron chi connectivity index (χ2n) is 3.78. The maximum Gasteiger partial charge on any atom is 0.178 e. The van der Waals surface area contributed by atoms with Crippen LogP contribution in [0.15, 0.2) is 34.5 Å². The summed E-state index contributed by atoms with van der Waals surface area (Å²) >= 11 is 3.29. The molecule has 4 heteroatoms. The van der Waals surface area contributed by atoms with Crippen LogP contribution in [0.1, 0.15) is 28.0 Å². The smallest absolute Gasteiger partial charge is 0.178 e. The molecule has 0 aliphatic heterocycles. The Morgan fingerprint density at radius 1 is 1.35 bits per heavy atom. The highest BCUT2D eigenvalue weighted by molar-refractivity contribution is 7.98. The van der Waals surface area contributed by atoms with E-state index in [0.29, 0.717) is 5.69 Å². The van der Waals surface area contributed by atoms with Crippen LogP contribution in [-0.2, 0) is 5.75 Å². The predicted molar refractivity (Wildman–Crippen MR) is 72.9 cm³/mol. The van der Waals surface area contributed by atoms with E-state index in [-0.39, 0.29) is 5.78 Å². The fraction of sp³-hybridized carbons (Fsp3) is 0.231. The van der Waals surface area contributed by atoms with E-state index in [1.54, 1.807) is 30.0 Å². The van der Waals surface area contributed by atoms with Gasteiger partial charge in [-0.2, -0.15) is 0 Å². The SMILES string of the molecule is CC(=O)c1csc(CSc2ccc(C)cc2)n1. The fourth-order valence-corrected chi connectivity index (χ4v) is 3.07. The lowest BCUT2D eigenvalue weighted by molar-refractivity contribution is 0.101. The fourth-order valence-electron chi connectivity index (χ4n) is 1.32. The number of rotatable bonds is 4. The van der Waals surface area contributed by atoms with Crippen molar-refractivity contribution in [2.75, 3.05) is 0 Å². The average Bonchev–Trinajstić information content (AvgIpc) is 2.77. The molecule has 1 aromatic carbocycles. The Morgan fingerprint density at radius 2 is 2.06 bits per heavy atom. The largest absolute Gasteiger partial charge is 0.293 e. The minimum atomic E-state index is 0.0350. The number of nitrogens with zero attached hydrogens (tertiary/aromatic N) is 1. The van der Waals surface area contributed by atoms with Gasteiger partial charge in [-0.1, -0.05) is 17.7 Å². The number of Topliss-reactive ketones (excluding diaryl/α,β-unsaturated/α-hetero) is 1. The van der Waals surface area contributed by atoms with Crippen molar-refractivity contribution in [1.29, 1.82) is 0 Å². The Morgan fingerprint density at radius 3 is 2.65 bits per heavy atom. The molecule has 2 rings (SSSR count). The molecular weight excluding hydrogens is 250 g/mol. The van der Waals surface area contributed by atoms with Gasteiger partial charge in [0, 0.05) is 17.2 Å². The minimum Gasteiger partial charge on any atom is -0.293 e. The van der Waals surface area contributed by atoms with Crippen molar-refractivity contribution < 1.29 is 4.79 Å². The highest BCUT2D eigenvalue weighted by atomic mass is 32.2. The first kappa shape index (κ1) is 12.3. The average molecular weight is 263 g/mol. The third-order valence-electron chi connectivity index (χ3n) is 2.30. The topological polar surface area (TPSA) is 30.0 Å². The molecule has 0 N–H and O–H groups in total.